The van der Waals surface area contributed by atoms with E-state index in [9.17, 15) is 0 Å². The standard InChI is InChI=1S/C15H26N4O/c1-12-11-14(20-3)18-15(17-12)16-8-6-10-19-9-5-4-7-13(19)2/h11,13H,4-10H2,1-3H3,(H,16,17,18). The van der Waals surface area contributed by atoms with Crippen molar-refractivity contribution in [2.75, 3.05) is 32.1 Å². The molecule has 0 amide bonds. The molecule has 1 saturated heterocycles. The van der Waals surface area contributed by atoms with Crippen LogP contribution in [0.1, 0.15) is 38.3 Å². The molecule has 0 aromatic carbocycles. The summed E-state index contributed by atoms with van der Waals surface area (Å²) in [7, 11) is 1.63. The van der Waals surface area contributed by atoms with Gasteiger partial charge < -0.3 is 15.0 Å². The van der Waals surface area contributed by atoms with E-state index in [0.717, 1.165) is 31.2 Å². The molecule has 0 saturated carbocycles. The van der Waals surface area contributed by atoms with Gasteiger partial charge in [-0.3, -0.25) is 0 Å². The first kappa shape index (κ1) is 15.0. The van der Waals surface area contributed by atoms with Gasteiger partial charge in [-0.25, -0.2) is 4.98 Å². The molecule has 0 bridgehead atoms. The van der Waals surface area contributed by atoms with Gasteiger partial charge in [-0.1, -0.05) is 6.42 Å². The second-order valence-corrected chi connectivity index (χ2v) is 5.54. The van der Waals surface area contributed by atoms with Gasteiger partial charge in [-0.05, 0) is 39.7 Å². The molecule has 1 unspecified atom stereocenters. The fraction of sp³-hybridized carbons (Fsp3) is 0.733. The van der Waals surface area contributed by atoms with Crippen LogP contribution in [0.25, 0.3) is 0 Å². The van der Waals surface area contributed by atoms with Gasteiger partial charge in [0.1, 0.15) is 0 Å². The molecule has 0 radical (unpaired) electrons. The van der Waals surface area contributed by atoms with Gasteiger partial charge in [0, 0.05) is 30.9 Å². The summed E-state index contributed by atoms with van der Waals surface area (Å²) in [6.45, 7) is 7.58. The number of aryl methyl sites for hydroxylation is 1. The Balaban J connectivity index is 1.74. The molecule has 1 fully saturated rings. The van der Waals surface area contributed by atoms with Crippen molar-refractivity contribution in [3.63, 3.8) is 0 Å². The Morgan fingerprint density at radius 2 is 2.25 bits per heavy atom. The van der Waals surface area contributed by atoms with E-state index in [1.807, 2.05) is 13.0 Å². The lowest BCUT2D eigenvalue weighted by Gasteiger charge is -2.33. The number of nitrogens with zero attached hydrogens (tertiary/aromatic N) is 3. The highest BCUT2D eigenvalue weighted by molar-refractivity contribution is 5.30. The van der Waals surface area contributed by atoms with Crippen LogP contribution in [0.4, 0.5) is 5.95 Å². The molecule has 1 aliphatic heterocycles. The molecule has 1 aromatic heterocycles. The molecule has 20 heavy (non-hydrogen) atoms. The van der Waals surface area contributed by atoms with Gasteiger partial charge in [-0.15, -0.1) is 0 Å². The van der Waals surface area contributed by atoms with Crippen LogP contribution in [0.15, 0.2) is 6.07 Å². The minimum Gasteiger partial charge on any atom is -0.481 e. The van der Waals surface area contributed by atoms with Gasteiger partial charge in [0.15, 0.2) is 0 Å². The average Bonchev–Trinajstić information content (AvgIpc) is 2.44. The van der Waals surface area contributed by atoms with Crippen molar-refractivity contribution >= 4 is 5.95 Å². The van der Waals surface area contributed by atoms with Gasteiger partial charge in [0.05, 0.1) is 7.11 Å². The number of anilines is 1. The number of hydrogen-bond donors (Lipinski definition) is 1. The lowest BCUT2D eigenvalue weighted by atomic mass is 10.0. The highest BCUT2D eigenvalue weighted by Gasteiger charge is 2.17. The second kappa shape index (κ2) is 7.43. The average molecular weight is 278 g/mol. The van der Waals surface area contributed by atoms with Crippen LogP contribution in [-0.2, 0) is 0 Å². The molecular weight excluding hydrogens is 252 g/mol. The maximum Gasteiger partial charge on any atom is 0.226 e. The summed E-state index contributed by atoms with van der Waals surface area (Å²) in [6, 6.07) is 2.57. The molecule has 5 heteroatoms. The van der Waals surface area contributed by atoms with Crippen molar-refractivity contribution in [2.24, 2.45) is 0 Å². The Morgan fingerprint density at radius 1 is 1.40 bits per heavy atom. The van der Waals surface area contributed by atoms with E-state index in [0.29, 0.717) is 11.8 Å². The van der Waals surface area contributed by atoms with Crippen LogP contribution < -0.4 is 10.1 Å². The molecule has 1 aliphatic rings. The van der Waals surface area contributed by atoms with Gasteiger partial charge >= 0.3 is 0 Å². The summed E-state index contributed by atoms with van der Waals surface area (Å²) in [5, 5.41) is 3.29. The van der Waals surface area contributed by atoms with E-state index < -0.39 is 0 Å². The highest BCUT2D eigenvalue weighted by atomic mass is 16.5. The van der Waals surface area contributed by atoms with Crippen LogP contribution >= 0.6 is 0 Å². The zero-order chi connectivity index (χ0) is 14.4. The van der Waals surface area contributed by atoms with Crippen molar-refractivity contribution < 1.29 is 4.74 Å². The van der Waals surface area contributed by atoms with Crippen LogP contribution in [0.5, 0.6) is 5.88 Å². The molecule has 0 aliphatic carbocycles. The number of ether oxygens (including phenoxy) is 1. The predicted octanol–water partition coefficient (Wildman–Crippen LogP) is 2.47. The fourth-order valence-corrected chi connectivity index (χ4v) is 2.70. The second-order valence-electron chi connectivity index (χ2n) is 5.54. The third kappa shape index (κ3) is 4.34. The quantitative estimate of drug-likeness (QED) is 0.810. The first-order chi connectivity index (χ1) is 9.69. The minimum atomic E-state index is 0.615. The summed E-state index contributed by atoms with van der Waals surface area (Å²) >= 11 is 0. The maximum absolute atomic E-state index is 5.15. The summed E-state index contributed by atoms with van der Waals surface area (Å²) in [6.07, 6.45) is 5.18. The molecule has 5 nitrogen and oxygen atoms in total. The van der Waals surface area contributed by atoms with Crippen molar-refractivity contribution in [1.29, 1.82) is 0 Å². The molecule has 2 heterocycles. The largest absolute Gasteiger partial charge is 0.481 e. The topological polar surface area (TPSA) is 50.3 Å². The van der Waals surface area contributed by atoms with Crippen molar-refractivity contribution in [2.45, 2.75) is 45.6 Å². The van der Waals surface area contributed by atoms with E-state index in [1.54, 1.807) is 7.11 Å². The SMILES string of the molecule is COc1cc(C)nc(NCCCN2CCCCC2C)n1. The molecular formula is C15H26N4O. The van der Waals surface area contributed by atoms with Crippen LogP contribution in [-0.4, -0.2) is 47.7 Å². The number of piperidine rings is 1. The van der Waals surface area contributed by atoms with Gasteiger partial charge in [0.25, 0.3) is 0 Å². The van der Waals surface area contributed by atoms with Gasteiger partial charge in [-0.2, -0.15) is 4.98 Å². The molecule has 1 N–H and O–H groups in total. The van der Waals surface area contributed by atoms with Crippen LogP contribution in [0, 0.1) is 6.92 Å². The normalized spacial score (nSPS) is 19.9. The smallest absolute Gasteiger partial charge is 0.226 e. The number of hydrogen-bond acceptors (Lipinski definition) is 5. The lowest BCUT2D eigenvalue weighted by Crippen LogP contribution is -2.38. The lowest BCUT2D eigenvalue weighted by molar-refractivity contribution is 0.160. The van der Waals surface area contributed by atoms with Crippen molar-refractivity contribution in [3.8, 4) is 5.88 Å². The Morgan fingerprint density at radius 3 is 3.00 bits per heavy atom. The highest BCUT2D eigenvalue weighted by Crippen LogP contribution is 2.16. The first-order valence-corrected chi connectivity index (χ1v) is 7.56. The molecule has 0 spiro atoms. The minimum absolute atomic E-state index is 0.615. The number of likely N-dealkylation sites (tertiary alicyclic amines) is 1. The number of rotatable bonds is 6. The zero-order valence-corrected chi connectivity index (χ0v) is 12.9. The van der Waals surface area contributed by atoms with E-state index in [2.05, 4.69) is 27.1 Å². The number of nitrogens with one attached hydrogen (secondary N) is 1. The maximum atomic E-state index is 5.15. The van der Waals surface area contributed by atoms with E-state index in [1.165, 1.54) is 25.8 Å². The van der Waals surface area contributed by atoms with Crippen LogP contribution in [0.3, 0.4) is 0 Å². The summed E-state index contributed by atoms with van der Waals surface area (Å²) in [5.74, 6) is 1.28. The fourth-order valence-electron chi connectivity index (χ4n) is 2.70. The van der Waals surface area contributed by atoms with E-state index >= 15 is 0 Å². The Labute approximate surface area is 121 Å². The number of aromatic nitrogens is 2. The van der Waals surface area contributed by atoms with E-state index in [-0.39, 0.29) is 0 Å². The third-order valence-electron chi connectivity index (χ3n) is 3.89. The predicted molar refractivity (Wildman–Crippen MR) is 81.3 cm³/mol. The van der Waals surface area contributed by atoms with E-state index in [4.69, 9.17) is 4.74 Å². The van der Waals surface area contributed by atoms with Crippen molar-refractivity contribution in [3.05, 3.63) is 11.8 Å². The molecule has 1 aromatic rings. The van der Waals surface area contributed by atoms with Crippen molar-refractivity contribution in [1.82, 2.24) is 14.9 Å². The van der Waals surface area contributed by atoms with Crippen LogP contribution in [0.2, 0.25) is 0 Å². The first-order valence-electron chi connectivity index (χ1n) is 7.56. The zero-order valence-electron chi connectivity index (χ0n) is 12.9. The van der Waals surface area contributed by atoms with Gasteiger partial charge in [0.2, 0.25) is 11.8 Å². The summed E-state index contributed by atoms with van der Waals surface area (Å²) < 4.78 is 5.15. The summed E-state index contributed by atoms with van der Waals surface area (Å²) in [5.41, 5.74) is 0.920. The molecule has 112 valence electrons. The molecule has 2 rings (SSSR count). The third-order valence-corrected chi connectivity index (χ3v) is 3.89. The Bertz CT molecular complexity index is 424. The monoisotopic (exact) mass is 278 g/mol. The number of methoxy groups -OCH3 is 1. The molecule has 1 atom stereocenters. The summed E-state index contributed by atoms with van der Waals surface area (Å²) in [4.78, 5) is 11.2. The Kier molecular flexibility index (Phi) is 5.59. The Hall–Kier alpha value is -1.36.